The Bertz CT molecular complexity index is 705. The van der Waals surface area contributed by atoms with Gasteiger partial charge in [0.15, 0.2) is 0 Å². The van der Waals surface area contributed by atoms with Crippen LogP contribution in [0.4, 0.5) is 0 Å². The third kappa shape index (κ3) is 3.65. The molecule has 3 heteroatoms. The van der Waals surface area contributed by atoms with Crippen LogP contribution in [0, 0.1) is 0 Å². The second kappa shape index (κ2) is 8.09. The molecule has 0 atom stereocenters. The van der Waals surface area contributed by atoms with Gasteiger partial charge in [0.05, 0.1) is 19.7 Å². The Balaban J connectivity index is 2.22. The SMILES string of the molecule is COC(=O)[13CH2][13CH2][P+](c1ccccc1)(c1ccccc1)c1ccccc1. The Hall–Kier alpha value is -2.44. The van der Waals surface area contributed by atoms with E-state index in [1.54, 1.807) is 0 Å². The largest absolute Gasteiger partial charge is 0.469 e. The summed E-state index contributed by atoms with van der Waals surface area (Å²) in [6.45, 7) is 0. The minimum Gasteiger partial charge on any atom is -0.469 e. The zero-order chi connectivity index (χ0) is 17.5. The highest BCUT2D eigenvalue weighted by Gasteiger charge is 2.45. The second-order valence-electron chi connectivity index (χ2n) is 5.87. The first-order valence-electron chi connectivity index (χ1n) is 8.39. The maximum Gasteiger partial charge on any atom is 0.309 e. The van der Waals surface area contributed by atoms with Crippen LogP contribution in [-0.4, -0.2) is 19.2 Å². The molecule has 25 heavy (non-hydrogen) atoms. The summed E-state index contributed by atoms with van der Waals surface area (Å²) >= 11 is 0. The van der Waals surface area contributed by atoms with E-state index >= 15 is 0 Å². The van der Waals surface area contributed by atoms with Crippen molar-refractivity contribution < 1.29 is 9.53 Å². The number of ether oxygens (including phenoxy) is 1. The molecule has 0 bridgehead atoms. The molecular formula is C22H22O2P+. The van der Waals surface area contributed by atoms with Gasteiger partial charge in [0.1, 0.15) is 23.2 Å². The summed E-state index contributed by atoms with van der Waals surface area (Å²) < 4.78 is 4.93. The molecule has 0 saturated heterocycles. The van der Waals surface area contributed by atoms with Gasteiger partial charge < -0.3 is 4.74 Å². The van der Waals surface area contributed by atoms with Crippen LogP contribution in [0.15, 0.2) is 91.0 Å². The lowest BCUT2D eigenvalue weighted by molar-refractivity contribution is -0.140. The fourth-order valence-corrected chi connectivity index (χ4v) is 7.47. The van der Waals surface area contributed by atoms with Crippen LogP contribution in [0.25, 0.3) is 0 Å². The smallest absolute Gasteiger partial charge is 0.309 e. The topological polar surface area (TPSA) is 26.3 Å². The molecule has 0 aliphatic rings. The molecule has 0 aliphatic heterocycles. The van der Waals surface area contributed by atoms with Crippen molar-refractivity contribution in [3.63, 3.8) is 0 Å². The first-order chi connectivity index (χ1) is 12.3. The zero-order valence-electron chi connectivity index (χ0n) is 14.3. The van der Waals surface area contributed by atoms with Gasteiger partial charge in [-0.25, -0.2) is 0 Å². The maximum atomic E-state index is 11.9. The molecule has 0 N–H and O–H groups in total. The predicted octanol–water partition coefficient (Wildman–Crippen LogP) is 3.54. The number of carbonyl (C=O) groups excluding carboxylic acids is 1. The van der Waals surface area contributed by atoms with E-state index in [2.05, 4.69) is 72.8 Å². The van der Waals surface area contributed by atoms with Crippen LogP contribution in [0.3, 0.4) is 0 Å². The van der Waals surface area contributed by atoms with Crippen LogP contribution in [-0.2, 0) is 9.53 Å². The predicted molar refractivity (Wildman–Crippen MR) is 107 cm³/mol. The van der Waals surface area contributed by atoms with Crippen molar-refractivity contribution in [2.24, 2.45) is 0 Å². The Morgan fingerprint density at radius 2 is 1.08 bits per heavy atom. The summed E-state index contributed by atoms with van der Waals surface area (Å²) in [4.78, 5) is 11.9. The third-order valence-corrected chi connectivity index (χ3v) is 8.90. The summed E-state index contributed by atoms with van der Waals surface area (Å²) in [7, 11) is -0.467. The summed E-state index contributed by atoms with van der Waals surface area (Å²) in [5, 5.41) is 3.86. The van der Waals surface area contributed by atoms with E-state index in [-0.39, 0.29) is 5.97 Å². The minimum atomic E-state index is -1.92. The lowest BCUT2D eigenvalue weighted by Crippen LogP contribution is -2.34. The number of esters is 1. The zero-order valence-corrected chi connectivity index (χ0v) is 15.2. The molecule has 0 heterocycles. The number of hydrogen-bond donors (Lipinski definition) is 0. The first-order valence-corrected chi connectivity index (χ1v) is 10.4. The number of benzene rings is 3. The molecule has 0 saturated carbocycles. The standard InChI is InChI=1S/C22H22O2P/c1-24-22(23)17-18-25(19-11-5-2-6-12-19,20-13-7-3-8-14-20)21-15-9-4-10-16-21/h2-16H,17-18H2,1H3/q+1/i17+1,18+1. The van der Waals surface area contributed by atoms with Crippen LogP contribution in [0.2, 0.25) is 0 Å². The minimum absolute atomic E-state index is 0.160. The van der Waals surface area contributed by atoms with E-state index in [1.807, 2.05) is 18.2 Å². The van der Waals surface area contributed by atoms with Gasteiger partial charge in [0, 0.05) is 0 Å². The van der Waals surface area contributed by atoms with E-state index in [4.69, 9.17) is 4.74 Å². The van der Waals surface area contributed by atoms with E-state index in [0.29, 0.717) is 6.42 Å². The average molecular weight is 351 g/mol. The van der Waals surface area contributed by atoms with Crippen LogP contribution >= 0.6 is 7.26 Å². The highest BCUT2D eigenvalue weighted by Crippen LogP contribution is 2.55. The van der Waals surface area contributed by atoms with E-state index in [1.165, 1.54) is 23.0 Å². The lowest BCUT2D eigenvalue weighted by Gasteiger charge is -2.27. The monoisotopic (exact) mass is 351 g/mol. The second-order valence-corrected chi connectivity index (χ2v) is 9.48. The fraction of sp³-hybridized carbons (Fsp3) is 0.136. The van der Waals surface area contributed by atoms with E-state index < -0.39 is 7.26 Å². The molecular weight excluding hydrogens is 329 g/mol. The van der Waals surface area contributed by atoms with Crippen molar-refractivity contribution in [1.82, 2.24) is 0 Å². The Kier molecular flexibility index (Phi) is 5.63. The molecule has 3 rings (SSSR count). The van der Waals surface area contributed by atoms with E-state index in [9.17, 15) is 4.79 Å². The molecule has 3 aromatic carbocycles. The van der Waals surface area contributed by atoms with Crippen LogP contribution in [0.1, 0.15) is 6.42 Å². The van der Waals surface area contributed by atoms with Crippen LogP contribution < -0.4 is 15.9 Å². The van der Waals surface area contributed by atoms with Crippen molar-refractivity contribution in [3.05, 3.63) is 91.0 Å². The molecule has 0 radical (unpaired) electrons. The quantitative estimate of drug-likeness (QED) is 0.386. The van der Waals surface area contributed by atoms with Crippen molar-refractivity contribution in [2.45, 2.75) is 6.42 Å². The van der Waals surface area contributed by atoms with E-state index in [0.717, 1.165) is 6.16 Å². The summed E-state index contributed by atoms with van der Waals surface area (Å²) in [6.07, 6.45) is 1.17. The molecule has 0 aliphatic carbocycles. The number of methoxy groups -OCH3 is 1. The van der Waals surface area contributed by atoms with Gasteiger partial charge in [-0.3, -0.25) is 4.79 Å². The molecule has 0 fully saturated rings. The summed E-state index contributed by atoms with van der Waals surface area (Å²) in [6, 6.07) is 31.7. The Labute approximate surface area is 149 Å². The maximum absolute atomic E-state index is 11.9. The third-order valence-electron chi connectivity index (χ3n) is 4.47. The summed E-state index contributed by atoms with van der Waals surface area (Å²) in [5.74, 6) is -0.160. The van der Waals surface area contributed by atoms with Gasteiger partial charge in [-0.2, -0.15) is 0 Å². The van der Waals surface area contributed by atoms with Gasteiger partial charge in [-0.15, -0.1) is 0 Å². The first kappa shape index (κ1) is 17.4. The molecule has 0 spiro atoms. The number of carbonyl (C=O) groups is 1. The van der Waals surface area contributed by atoms with Crippen molar-refractivity contribution in [2.75, 3.05) is 13.3 Å². The number of rotatable bonds is 6. The van der Waals surface area contributed by atoms with Gasteiger partial charge in [-0.1, -0.05) is 54.6 Å². The highest BCUT2D eigenvalue weighted by atomic mass is 31.2. The molecule has 0 amide bonds. The average Bonchev–Trinajstić information content (AvgIpc) is 2.71. The molecule has 0 aromatic heterocycles. The van der Waals surface area contributed by atoms with Crippen molar-refractivity contribution >= 4 is 29.1 Å². The van der Waals surface area contributed by atoms with Gasteiger partial charge >= 0.3 is 5.97 Å². The molecule has 3 aromatic rings. The molecule has 0 unspecified atom stereocenters. The summed E-state index contributed by atoms with van der Waals surface area (Å²) in [5.41, 5.74) is 0. The lowest BCUT2D eigenvalue weighted by atomic mass is 10.4. The van der Waals surface area contributed by atoms with Gasteiger partial charge in [0.2, 0.25) is 0 Å². The van der Waals surface area contributed by atoms with Crippen LogP contribution in [0.5, 0.6) is 0 Å². The van der Waals surface area contributed by atoms with Crippen molar-refractivity contribution in [1.29, 1.82) is 0 Å². The Morgan fingerprint density at radius 1 is 0.720 bits per heavy atom. The highest BCUT2D eigenvalue weighted by molar-refractivity contribution is 7.95. The fourth-order valence-electron chi connectivity index (χ4n) is 3.24. The van der Waals surface area contributed by atoms with Gasteiger partial charge in [-0.05, 0) is 36.4 Å². The van der Waals surface area contributed by atoms with Crippen molar-refractivity contribution in [3.8, 4) is 0 Å². The molecule has 126 valence electrons. The molecule has 2 nitrogen and oxygen atoms in total. The Morgan fingerprint density at radius 3 is 1.40 bits per heavy atom. The van der Waals surface area contributed by atoms with Gasteiger partial charge in [0.25, 0.3) is 0 Å². The normalized spacial score (nSPS) is 11.1. The number of hydrogen-bond acceptors (Lipinski definition) is 2.